The van der Waals surface area contributed by atoms with E-state index in [2.05, 4.69) is 17.0 Å². The van der Waals surface area contributed by atoms with Crippen molar-refractivity contribution in [3.05, 3.63) is 0 Å². The third kappa shape index (κ3) is 7.56. The van der Waals surface area contributed by atoms with E-state index in [-0.39, 0.29) is 0 Å². The normalized spacial score (nSPS) is 18.2. The maximum Gasteiger partial charge on any atom is 0.279 e. The first-order chi connectivity index (χ1) is 10.1. The molecule has 1 saturated heterocycles. The SMILES string of the molecule is CCCNCC1CCN(S(=O)(=O)NCCCOCC)CC1. The minimum Gasteiger partial charge on any atom is -0.382 e. The largest absolute Gasteiger partial charge is 0.382 e. The molecule has 0 unspecified atom stereocenters. The predicted octanol–water partition coefficient (Wildman–Crippen LogP) is 0.959. The van der Waals surface area contributed by atoms with E-state index in [1.807, 2.05) is 6.92 Å². The summed E-state index contributed by atoms with van der Waals surface area (Å²) in [6.45, 7) is 9.10. The van der Waals surface area contributed by atoms with Gasteiger partial charge in [-0.2, -0.15) is 12.7 Å². The van der Waals surface area contributed by atoms with E-state index >= 15 is 0 Å². The average molecular weight is 321 g/mol. The van der Waals surface area contributed by atoms with Crippen molar-refractivity contribution in [2.75, 3.05) is 45.9 Å². The summed E-state index contributed by atoms with van der Waals surface area (Å²) in [5.74, 6) is 0.598. The molecule has 0 aromatic heterocycles. The molecule has 126 valence electrons. The van der Waals surface area contributed by atoms with Crippen LogP contribution >= 0.6 is 0 Å². The molecule has 0 spiro atoms. The van der Waals surface area contributed by atoms with Gasteiger partial charge in [0.05, 0.1) is 0 Å². The van der Waals surface area contributed by atoms with Crippen molar-refractivity contribution in [1.82, 2.24) is 14.3 Å². The van der Waals surface area contributed by atoms with Gasteiger partial charge in [0.25, 0.3) is 10.2 Å². The van der Waals surface area contributed by atoms with Gasteiger partial charge in [-0.1, -0.05) is 6.92 Å². The minimum absolute atomic E-state index is 0.445. The molecule has 2 N–H and O–H groups in total. The highest BCUT2D eigenvalue weighted by molar-refractivity contribution is 7.87. The van der Waals surface area contributed by atoms with Crippen molar-refractivity contribution in [3.63, 3.8) is 0 Å². The fourth-order valence-corrected chi connectivity index (χ4v) is 3.72. The Morgan fingerprint density at radius 3 is 2.52 bits per heavy atom. The summed E-state index contributed by atoms with van der Waals surface area (Å²) >= 11 is 0. The van der Waals surface area contributed by atoms with Crippen molar-refractivity contribution < 1.29 is 13.2 Å². The van der Waals surface area contributed by atoms with Gasteiger partial charge in [-0.05, 0) is 51.6 Å². The van der Waals surface area contributed by atoms with Crippen LogP contribution in [-0.4, -0.2) is 58.7 Å². The first-order valence-electron chi connectivity index (χ1n) is 8.13. The Labute approximate surface area is 129 Å². The van der Waals surface area contributed by atoms with E-state index in [0.29, 0.717) is 45.2 Å². The molecular formula is C14H31N3O3S. The first-order valence-corrected chi connectivity index (χ1v) is 9.57. The summed E-state index contributed by atoms with van der Waals surface area (Å²) in [5, 5.41) is 3.41. The fourth-order valence-electron chi connectivity index (χ4n) is 2.45. The highest BCUT2D eigenvalue weighted by atomic mass is 32.2. The van der Waals surface area contributed by atoms with E-state index in [0.717, 1.165) is 32.4 Å². The Kier molecular flexibility index (Phi) is 9.42. The van der Waals surface area contributed by atoms with Gasteiger partial charge in [0.1, 0.15) is 0 Å². The van der Waals surface area contributed by atoms with Crippen molar-refractivity contribution in [2.45, 2.75) is 39.5 Å². The van der Waals surface area contributed by atoms with Crippen LogP contribution in [0.3, 0.4) is 0 Å². The Bertz CT molecular complexity index is 354. The van der Waals surface area contributed by atoms with Crippen LogP contribution in [-0.2, 0) is 14.9 Å². The number of ether oxygens (including phenoxy) is 1. The number of hydrogen-bond donors (Lipinski definition) is 2. The summed E-state index contributed by atoms with van der Waals surface area (Å²) in [4.78, 5) is 0. The van der Waals surface area contributed by atoms with E-state index < -0.39 is 10.2 Å². The second kappa shape index (κ2) is 10.5. The van der Waals surface area contributed by atoms with E-state index in [1.54, 1.807) is 4.31 Å². The average Bonchev–Trinajstić information content (AvgIpc) is 2.48. The molecule has 1 aliphatic rings. The van der Waals surface area contributed by atoms with Crippen LogP contribution < -0.4 is 10.0 Å². The molecule has 0 aromatic carbocycles. The number of hydrogen-bond acceptors (Lipinski definition) is 4. The van der Waals surface area contributed by atoms with Crippen LogP contribution in [0.4, 0.5) is 0 Å². The van der Waals surface area contributed by atoms with Gasteiger partial charge in [-0.3, -0.25) is 0 Å². The van der Waals surface area contributed by atoms with E-state index in [9.17, 15) is 8.42 Å². The zero-order valence-corrected chi connectivity index (χ0v) is 14.3. The second-order valence-corrected chi connectivity index (χ2v) is 7.25. The summed E-state index contributed by atoms with van der Waals surface area (Å²) in [5.41, 5.74) is 0. The van der Waals surface area contributed by atoms with Crippen LogP contribution in [0, 0.1) is 5.92 Å². The third-order valence-corrected chi connectivity index (χ3v) is 5.34. The quantitative estimate of drug-likeness (QED) is 0.556. The van der Waals surface area contributed by atoms with Crippen molar-refractivity contribution >= 4 is 10.2 Å². The third-order valence-electron chi connectivity index (χ3n) is 3.73. The lowest BCUT2D eigenvalue weighted by atomic mass is 9.98. The number of piperidine rings is 1. The lowest BCUT2D eigenvalue weighted by Crippen LogP contribution is -2.46. The molecule has 1 fully saturated rings. The molecule has 0 radical (unpaired) electrons. The Morgan fingerprint density at radius 2 is 1.90 bits per heavy atom. The fraction of sp³-hybridized carbons (Fsp3) is 1.00. The maximum absolute atomic E-state index is 12.1. The van der Waals surface area contributed by atoms with Crippen molar-refractivity contribution in [2.24, 2.45) is 5.92 Å². The van der Waals surface area contributed by atoms with Gasteiger partial charge in [0, 0.05) is 32.8 Å². The van der Waals surface area contributed by atoms with Gasteiger partial charge in [-0.15, -0.1) is 0 Å². The lowest BCUT2D eigenvalue weighted by molar-refractivity contribution is 0.145. The number of nitrogens with zero attached hydrogens (tertiary/aromatic N) is 1. The highest BCUT2D eigenvalue weighted by Crippen LogP contribution is 2.18. The summed E-state index contributed by atoms with van der Waals surface area (Å²) in [6.07, 6.45) is 3.73. The summed E-state index contributed by atoms with van der Waals surface area (Å²) in [6, 6.07) is 0. The topological polar surface area (TPSA) is 70.7 Å². The zero-order valence-electron chi connectivity index (χ0n) is 13.4. The molecular weight excluding hydrogens is 290 g/mol. The van der Waals surface area contributed by atoms with Crippen LogP contribution in [0.5, 0.6) is 0 Å². The van der Waals surface area contributed by atoms with E-state index in [1.165, 1.54) is 0 Å². The molecule has 0 saturated carbocycles. The van der Waals surface area contributed by atoms with Crippen LogP contribution in [0.15, 0.2) is 0 Å². The molecule has 0 bridgehead atoms. The molecule has 7 heteroatoms. The molecule has 6 nitrogen and oxygen atoms in total. The van der Waals surface area contributed by atoms with E-state index in [4.69, 9.17) is 4.74 Å². The standard InChI is InChI=1S/C14H31N3O3S/c1-3-8-15-13-14-6-10-17(11-7-14)21(18,19)16-9-5-12-20-4-2/h14-16H,3-13H2,1-2H3. The van der Waals surface area contributed by atoms with Gasteiger partial charge in [0.2, 0.25) is 0 Å². The smallest absolute Gasteiger partial charge is 0.279 e. The lowest BCUT2D eigenvalue weighted by Gasteiger charge is -2.31. The molecule has 1 aliphatic heterocycles. The first kappa shape index (κ1) is 18.8. The van der Waals surface area contributed by atoms with Crippen LogP contribution in [0.25, 0.3) is 0 Å². The molecule has 1 rings (SSSR count). The monoisotopic (exact) mass is 321 g/mol. The number of rotatable bonds is 11. The van der Waals surface area contributed by atoms with Gasteiger partial charge in [-0.25, -0.2) is 4.72 Å². The Morgan fingerprint density at radius 1 is 1.19 bits per heavy atom. The van der Waals surface area contributed by atoms with Gasteiger partial charge in [0.15, 0.2) is 0 Å². The zero-order chi connectivity index (χ0) is 15.6. The molecule has 0 atom stereocenters. The maximum atomic E-state index is 12.1. The van der Waals surface area contributed by atoms with Crippen LogP contribution in [0.2, 0.25) is 0 Å². The Balaban J connectivity index is 2.22. The highest BCUT2D eigenvalue weighted by Gasteiger charge is 2.27. The number of nitrogens with one attached hydrogen (secondary N) is 2. The molecule has 0 amide bonds. The molecule has 0 aliphatic carbocycles. The molecule has 0 aromatic rings. The van der Waals surface area contributed by atoms with Gasteiger partial charge < -0.3 is 10.1 Å². The molecule has 1 heterocycles. The van der Waals surface area contributed by atoms with Crippen LogP contribution in [0.1, 0.15) is 39.5 Å². The van der Waals surface area contributed by atoms with Crippen molar-refractivity contribution in [1.29, 1.82) is 0 Å². The Hall–Kier alpha value is -0.210. The minimum atomic E-state index is -3.31. The second-order valence-electron chi connectivity index (χ2n) is 5.50. The summed E-state index contributed by atoms with van der Waals surface area (Å²) in [7, 11) is -3.31. The molecule has 21 heavy (non-hydrogen) atoms. The van der Waals surface area contributed by atoms with Gasteiger partial charge >= 0.3 is 0 Å². The van der Waals surface area contributed by atoms with Crippen molar-refractivity contribution in [3.8, 4) is 0 Å². The summed E-state index contributed by atoms with van der Waals surface area (Å²) < 4.78 is 33.7. The predicted molar refractivity (Wildman–Crippen MR) is 85.5 cm³/mol.